The molecule has 0 bridgehead atoms. The summed E-state index contributed by atoms with van der Waals surface area (Å²) in [5.74, 6) is -3.43. The lowest BCUT2D eigenvalue weighted by molar-refractivity contribution is -0.154. The normalized spacial score (nSPS) is 32.2. The third-order valence-electron chi connectivity index (χ3n) is 5.19. The first-order chi connectivity index (χ1) is 11.4. The van der Waals surface area contributed by atoms with Crippen molar-refractivity contribution in [2.45, 2.75) is 24.9 Å². The predicted octanol–water partition coefficient (Wildman–Crippen LogP) is 1.02. The highest BCUT2D eigenvalue weighted by molar-refractivity contribution is 6.09. The van der Waals surface area contributed by atoms with Gasteiger partial charge in [-0.05, 0) is 24.1 Å². The minimum Gasteiger partial charge on any atom is -0.468 e. The number of carbonyl (C=O) groups excluding carboxylic acids is 3. The Balaban J connectivity index is 2.14. The van der Waals surface area contributed by atoms with E-state index in [1.807, 2.05) is 0 Å². The Labute approximate surface area is 139 Å². The standard InChI is InChI=1S/C17H19FN2O4/c1-4-17(16(23)24-3)12-11(14(21)20(2)15(12)22)13(19-17)9-6-5-7-10(18)8-9/h5-8,11-13,19H,4H2,1-3H3/t11-,12+,13-,17-/m0/s1. The van der Waals surface area contributed by atoms with Gasteiger partial charge in [-0.3, -0.25) is 24.6 Å². The van der Waals surface area contributed by atoms with E-state index in [1.165, 1.54) is 32.4 Å². The molecular formula is C17H19FN2O4. The van der Waals surface area contributed by atoms with Crippen LogP contribution in [0.25, 0.3) is 0 Å². The number of carbonyl (C=O) groups is 3. The summed E-state index contributed by atoms with van der Waals surface area (Å²) < 4.78 is 18.5. The topological polar surface area (TPSA) is 75.7 Å². The Hall–Kier alpha value is -2.28. The number of hydrogen-bond acceptors (Lipinski definition) is 5. The molecule has 1 aromatic rings. The molecule has 3 rings (SSSR count). The summed E-state index contributed by atoms with van der Waals surface area (Å²) in [6, 6.07) is 5.20. The average Bonchev–Trinajstić information content (AvgIpc) is 3.05. The fourth-order valence-electron chi connectivity index (χ4n) is 3.97. The van der Waals surface area contributed by atoms with Crippen LogP contribution < -0.4 is 5.32 Å². The molecule has 2 amide bonds. The quantitative estimate of drug-likeness (QED) is 0.660. The molecule has 0 unspecified atom stereocenters. The lowest BCUT2D eigenvalue weighted by atomic mass is 9.78. The van der Waals surface area contributed by atoms with Crippen molar-refractivity contribution >= 4 is 17.8 Å². The first-order valence-corrected chi connectivity index (χ1v) is 7.80. The first kappa shape index (κ1) is 16.6. The van der Waals surface area contributed by atoms with Gasteiger partial charge in [0.05, 0.1) is 18.9 Å². The summed E-state index contributed by atoms with van der Waals surface area (Å²) in [7, 11) is 2.65. The fraction of sp³-hybridized carbons (Fsp3) is 0.471. The van der Waals surface area contributed by atoms with Crippen molar-refractivity contribution in [1.29, 1.82) is 0 Å². The zero-order chi connectivity index (χ0) is 17.6. The van der Waals surface area contributed by atoms with Crippen molar-refractivity contribution in [2.75, 3.05) is 14.2 Å². The van der Waals surface area contributed by atoms with E-state index in [0.717, 1.165) is 4.90 Å². The lowest BCUT2D eigenvalue weighted by Crippen LogP contribution is -2.55. The molecule has 0 radical (unpaired) electrons. The highest BCUT2D eigenvalue weighted by Gasteiger charge is 2.67. The molecule has 2 fully saturated rings. The number of amides is 2. The number of imide groups is 1. The minimum atomic E-state index is -1.30. The molecule has 1 aromatic carbocycles. The van der Waals surface area contributed by atoms with Gasteiger partial charge in [-0.15, -0.1) is 0 Å². The zero-order valence-electron chi connectivity index (χ0n) is 13.7. The number of rotatable bonds is 3. The molecule has 2 heterocycles. The van der Waals surface area contributed by atoms with Gasteiger partial charge >= 0.3 is 5.97 Å². The number of fused-ring (bicyclic) bond motifs is 1. The molecule has 6 nitrogen and oxygen atoms in total. The molecule has 0 saturated carbocycles. The zero-order valence-corrected chi connectivity index (χ0v) is 13.7. The maximum Gasteiger partial charge on any atom is 0.326 e. The van der Waals surface area contributed by atoms with Crippen molar-refractivity contribution in [2.24, 2.45) is 11.8 Å². The molecular weight excluding hydrogens is 315 g/mol. The highest BCUT2D eigenvalue weighted by Crippen LogP contribution is 2.49. The second kappa shape index (κ2) is 5.66. The minimum absolute atomic E-state index is 0.277. The molecule has 2 aliphatic rings. The molecule has 7 heteroatoms. The summed E-state index contributed by atoms with van der Waals surface area (Å²) in [5.41, 5.74) is -0.769. The molecule has 2 saturated heterocycles. The smallest absolute Gasteiger partial charge is 0.326 e. The fourth-order valence-corrected chi connectivity index (χ4v) is 3.97. The van der Waals surface area contributed by atoms with Crippen molar-refractivity contribution in [3.63, 3.8) is 0 Å². The number of benzene rings is 1. The summed E-state index contributed by atoms with van der Waals surface area (Å²) in [6.07, 6.45) is 0.277. The van der Waals surface area contributed by atoms with E-state index in [9.17, 15) is 18.8 Å². The summed E-state index contributed by atoms with van der Waals surface area (Å²) >= 11 is 0. The number of likely N-dealkylation sites (tertiary alicyclic amines) is 1. The van der Waals surface area contributed by atoms with Gasteiger partial charge in [0.2, 0.25) is 11.8 Å². The highest BCUT2D eigenvalue weighted by atomic mass is 19.1. The number of esters is 1. The number of nitrogens with zero attached hydrogens (tertiary/aromatic N) is 1. The average molecular weight is 334 g/mol. The van der Waals surface area contributed by atoms with Crippen molar-refractivity contribution in [3.05, 3.63) is 35.6 Å². The van der Waals surface area contributed by atoms with Crippen LogP contribution in [0.15, 0.2) is 24.3 Å². The van der Waals surface area contributed by atoms with Crippen LogP contribution in [-0.4, -0.2) is 42.4 Å². The SMILES string of the molecule is CC[C@]1(C(=O)OC)N[C@@H](c2cccc(F)c2)[C@H]2C(=O)N(C)C(=O)[C@@H]21. The molecule has 0 aliphatic carbocycles. The number of nitrogens with one attached hydrogen (secondary N) is 1. The number of ether oxygens (including phenoxy) is 1. The molecule has 24 heavy (non-hydrogen) atoms. The Bertz CT molecular complexity index is 722. The van der Waals surface area contributed by atoms with Crippen molar-refractivity contribution in [3.8, 4) is 0 Å². The van der Waals surface area contributed by atoms with Gasteiger partial charge in [-0.25, -0.2) is 4.39 Å². The van der Waals surface area contributed by atoms with Gasteiger partial charge in [-0.2, -0.15) is 0 Å². The largest absolute Gasteiger partial charge is 0.468 e. The van der Waals surface area contributed by atoms with Crippen LogP contribution in [0.4, 0.5) is 4.39 Å². The van der Waals surface area contributed by atoms with Gasteiger partial charge in [-0.1, -0.05) is 19.1 Å². The maximum absolute atomic E-state index is 13.6. The Morgan fingerprint density at radius 1 is 1.38 bits per heavy atom. The molecule has 0 spiro atoms. The van der Waals surface area contributed by atoms with E-state index in [1.54, 1.807) is 13.0 Å². The number of halogens is 1. The number of methoxy groups -OCH3 is 1. The van der Waals surface area contributed by atoms with E-state index in [2.05, 4.69) is 5.32 Å². The van der Waals surface area contributed by atoms with E-state index in [4.69, 9.17) is 4.74 Å². The van der Waals surface area contributed by atoms with Gasteiger partial charge in [0.15, 0.2) is 0 Å². The van der Waals surface area contributed by atoms with Gasteiger partial charge in [0.25, 0.3) is 0 Å². The molecule has 1 N–H and O–H groups in total. The van der Waals surface area contributed by atoms with Crippen LogP contribution in [0, 0.1) is 17.7 Å². The second-order valence-corrected chi connectivity index (χ2v) is 6.23. The van der Waals surface area contributed by atoms with Gasteiger partial charge < -0.3 is 4.74 Å². The van der Waals surface area contributed by atoms with Crippen LogP contribution in [0.5, 0.6) is 0 Å². The van der Waals surface area contributed by atoms with Crippen LogP contribution >= 0.6 is 0 Å². The third-order valence-corrected chi connectivity index (χ3v) is 5.19. The van der Waals surface area contributed by atoms with Crippen molar-refractivity contribution in [1.82, 2.24) is 10.2 Å². The molecule has 4 atom stereocenters. The Morgan fingerprint density at radius 3 is 2.67 bits per heavy atom. The predicted molar refractivity (Wildman–Crippen MR) is 82.1 cm³/mol. The molecule has 0 aromatic heterocycles. The van der Waals surface area contributed by atoms with Gasteiger partial charge in [0.1, 0.15) is 11.4 Å². The maximum atomic E-state index is 13.6. The van der Waals surface area contributed by atoms with E-state index in [0.29, 0.717) is 5.56 Å². The lowest BCUT2D eigenvalue weighted by Gasteiger charge is -2.30. The Morgan fingerprint density at radius 2 is 2.08 bits per heavy atom. The van der Waals surface area contributed by atoms with Crippen LogP contribution in [-0.2, 0) is 19.1 Å². The van der Waals surface area contributed by atoms with E-state index in [-0.39, 0.29) is 12.3 Å². The van der Waals surface area contributed by atoms with Crippen LogP contribution in [0.3, 0.4) is 0 Å². The summed E-state index contributed by atoms with van der Waals surface area (Å²) in [5, 5.41) is 3.12. The summed E-state index contributed by atoms with van der Waals surface area (Å²) in [4.78, 5) is 38.7. The number of hydrogen-bond donors (Lipinski definition) is 1. The summed E-state index contributed by atoms with van der Waals surface area (Å²) in [6.45, 7) is 1.75. The van der Waals surface area contributed by atoms with Crippen LogP contribution in [0.1, 0.15) is 24.9 Å². The second-order valence-electron chi connectivity index (χ2n) is 6.23. The van der Waals surface area contributed by atoms with E-state index < -0.39 is 41.1 Å². The third kappa shape index (κ3) is 2.07. The Kier molecular flexibility index (Phi) is 3.91. The van der Waals surface area contributed by atoms with Crippen LogP contribution in [0.2, 0.25) is 0 Å². The molecule has 2 aliphatic heterocycles. The van der Waals surface area contributed by atoms with Crippen molar-refractivity contribution < 1.29 is 23.5 Å². The molecule has 128 valence electrons. The monoisotopic (exact) mass is 334 g/mol. The van der Waals surface area contributed by atoms with E-state index >= 15 is 0 Å². The van der Waals surface area contributed by atoms with Gasteiger partial charge in [0, 0.05) is 13.1 Å². The first-order valence-electron chi connectivity index (χ1n) is 7.80.